The highest BCUT2D eigenvalue weighted by molar-refractivity contribution is 6.35. The number of nitrogens with zero attached hydrogens (tertiary/aromatic N) is 4. The molecule has 148 valence electrons. The molecule has 1 atom stereocenters. The molecule has 2 aromatic carbocycles. The van der Waals surface area contributed by atoms with E-state index in [0.29, 0.717) is 16.4 Å². The first-order chi connectivity index (χ1) is 14.6. The van der Waals surface area contributed by atoms with Crippen LogP contribution in [0.1, 0.15) is 18.7 Å². The van der Waals surface area contributed by atoms with E-state index in [2.05, 4.69) is 15.3 Å². The van der Waals surface area contributed by atoms with Crippen LogP contribution in [0.2, 0.25) is 5.02 Å². The summed E-state index contributed by atoms with van der Waals surface area (Å²) in [7, 11) is 0. The molecule has 5 rings (SSSR count). The Morgan fingerprint density at radius 1 is 1.00 bits per heavy atom. The Bertz CT molecular complexity index is 1420. The fraction of sp³-hybridized carbons (Fsp3) is 0.0870. The fourth-order valence-electron chi connectivity index (χ4n) is 3.73. The lowest BCUT2D eigenvalue weighted by Gasteiger charge is -2.22. The van der Waals surface area contributed by atoms with Crippen molar-refractivity contribution < 1.29 is 0 Å². The number of imidazole rings is 1. The first-order valence-corrected chi connectivity index (χ1v) is 9.95. The lowest BCUT2D eigenvalue weighted by atomic mass is 10.1. The molecule has 0 fully saturated rings. The van der Waals surface area contributed by atoms with Crippen LogP contribution < -0.4 is 10.9 Å². The van der Waals surface area contributed by atoms with Gasteiger partial charge in [0.25, 0.3) is 5.56 Å². The highest BCUT2D eigenvalue weighted by atomic mass is 35.5. The molecule has 0 amide bonds. The number of halogens is 1. The zero-order valence-electron chi connectivity index (χ0n) is 16.2. The predicted octanol–water partition coefficient (Wildman–Crippen LogP) is 4.86. The van der Waals surface area contributed by atoms with Gasteiger partial charge in [-0.15, -0.1) is 0 Å². The summed E-state index contributed by atoms with van der Waals surface area (Å²) < 4.78 is 3.58. The van der Waals surface area contributed by atoms with Crippen molar-refractivity contribution in [3.8, 4) is 5.69 Å². The molecule has 1 N–H and O–H groups in total. The van der Waals surface area contributed by atoms with Gasteiger partial charge < -0.3 is 5.32 Å². The number of hydrogen-bond donors (Lipinski definition) is 1. The topological polar surface area (TPSA) is 64.2 Å². The minimum absolute atomic E-state index is 0.151. The summed E-state index contributed by atoms with van der Waals surface area (Å²) in [6.07, 6.45) is 5.29. The van der Waals surface area contributed by atoms with Crippen molar-refractivity contribution in [1.29, 1.82) is 0 Å². The van der Waals surface area contributed by atoms with Gasteiger partial charge in [-0.2, -0.15) is 0 Å². The molecule has 0 aliphatic heterocycles. The third kappa shape index (κ3) is 3.02. The minimum atomic E-state index is -0.221. The maximum atomic E-state index is 13.5. The Labute approximate surface area is 177 Å². The Morgan fingerprint density at radius 2 is 1.83 bits per heavy atom. The Balaban J connectivity index is 1.71. The van der Waals surface area contributed by atoms with Crippen LogP contribution in [0.3, 0.4) is 0 Å². The van der Waals surface area contributed by atoms with Crippen molar-refractivity contribution in [2.75, 3.05) is 5.32 Å². The average Bonchev–Trinajstić information content (AvgIpc) is 3.24. The summed E-state index contributed by atoms with van der Waals surface area (Å²) in [5.41, 5.74) is 2.23. The molecule has 30 heavy (non-hydrogen) atoms. The number of hydrogen-bond acceptors (Lipinski definition) is 4. The average molecular weight is 416 g/mol. The lowest BCUT2D eigenvalue weighted by Crippen LogP contribution is -2.26. The highest BCUT2D eigenvalue weighted by Crippen LogP contribution is 2.27. The SMILES string of the molecule is C[C@H](Nc1nccc2nccn12)c1cc2cccc(Cl)c2c(=O)n1-c1ccccc1. The van der Waals surface area contributed by atoms with Gasteiger partial charge >= 0.3 is 0 Å². The van der Waals surface area contributed by atoms with Crippen molar-refractivity contribution in [1.82, 2.24) is 18.9 Å². The van der Waals surface area contributed by atoms with E-state index in [1.54, 1.807) is 23.0 Å². The van der Waals surface area contributed by atoms with Gasteiger partial charge in [0.1, 0.15) is 5.65 Å². The predicted molar refractivity (Wildman–Crippen MR) is 120 cm³/mol. The normalized spacial score (nSPS) is 12.3. The number of fused-ring (bicyclic) bond motifs is 2. The van der Waals surface area contributed by atoms with Crippen molar-refractivity contribution in [3.63, 3.8) is 0 Å². The molecule has 0 unspecified atom stereocenters. The Morgan fingerprint density at radius 3 is 2.67 bits per heavy atom. The van der Waals surface area contributed by atoms with Crippen LogP contribution >= 0.6 is 11.6 Å². The summed E-state index contributed by atoms with van der Waals surface area (Å²) in [5.74, 6) is 0.649. The van der Waals surface area contributed by atoms with Crippen LogP contribution in [0.4, 0.5) is 5.95 Å². The summed E-state index contributed by atoms with van der Waals surface area (Å²) in [6, 6.07) is 18.7. The second-order valence-electron chi connectivity index (χ2n) is 7.04. The van der Waals surface area contributed by atoms with Crippen LogP contribution in [0.5, 0.6) is 0 Å². The molecule has 6 nitrogen and oxygen atoms in total. The molecule has 5 aromatic rings. The number of para-hydroxylation sites is 1. The monoisotopic (exact) mass is 415 g/mol. The van der Waals surface area contributed by atoms with Crippen LogP contribution in [-0.4, -0.2) is 18.9 Å². The molecule has 0 spiro atoms. The van der Waals surface area contributed by atoms with Gasteiger partial charge in [-0.3, -0.25) is 13.8 Å². The maximum Gasteiger partial charge on any atom is 0.264 e. The highest BCUT2D eigenvalue weighted by Gasteiger charge is 2.18. The van der Waals surface area contributed by atoms with Gasteiger partial charge in [0.15, 0.2) is 0 Å². The standard InChI is InChI=1S/C23H18ClN5O/c1-15(27-23-26-11-10-20-25-12-13-28(20)23)19-14-16-6-5-9-18(24)21(16)22(30)29(19)17-7-3-2-4-8-17/h2-15H,1H3,(H,26,27)/t15-/m0/s1. The largest absolute Gasteiger partial charge is 0.347 e. The van der Waals surface area contributed by atoms with E-state index >= 15 is 0 Å². The Kier molecular flexibility index (Phi) is 4.48. The summed E-state index contributed by atoms with van der Waals surface area (Å²) >= 11 is 6.39. The molecule has 3 heterocycles. The lowest BCUT2D eigenvalue weighted by molar-refractivity contribution is 0.764. The van der Waals surface area contributed by atoms with E-state index in [0.717, 1.165) is 22.4 Å². The molecule has 0 radical (unpaired) electrons. The molecule has 0 saturated carbocycles. The molecule has 0 aliphatic carbocycles. The minimum Gasteiger partial charge on any atom is -0.347 e. The quantitative estimate of drug-likeness (QED) is 0.455. The van der Waals surface area contributed by atoms with Crippen molar-refractivity contribution in [2.24, 2.45) is 0 Å². The molecule has 0 saturated heterocycles. The van der Waals surface area contributed by atoms with Crippen molar-refractivity contribution >= 4 is 34.0 Å². The zero-order chi connectivity index (χ0) is 20.7. The van der Waals surface area contributed by atoms with Gasteiger partial charge in [-0.1, -0.05) is 41.9 Å². The summed E-state index contributed by atoms with van der Waals surface area (Å²) in [6.45, 7) is 2.00. The van der Waals surface area contributed by atoms with E-state index in [9.17, 15) is 4.79 Å². The number of rotatable bonds is 4. The van der Waals surface area contributed by atoms with Gasteiger partial charge in [-0.25, -0.2) is 9.97 Å². The van der Waals surface area contributed by atoms with Gasteiger partial charge in [0.2, 0.25) is 5.95 Å². The first kappa shape index (κ1) is 18.4. The molecule has 0 bridgehead atoms. The van der Waals surface area contributed by atoms with Crippen molar-refractivity contribution in [3.05, 3.63) is 100 Å². The molecular formula is C23H18ClN5O. The zero-order valence-corrected chi connectivity index (χ0v) is 16.9. The van der Waals surface area contributed by atoms with Crippen LogP contribution in [-0.2, 0) is 0 Å². The van der Waals surface area contributed by atoms with E-state index in [4.69, 9.17) is 11.6 Å². The van der Waals surface area contributed by atoms with Crippen LogP contribution in [0.15, 0.2) is 84.0 Å². The second-order valence-corrected chi connectivity index (χ2v) is 7.45. The van der Waals surface area contributed by atoms with E-state index in [-0.39, 0.29) is 11.6 Å². The molecule has 0 aliphatic rings. The number of benzene rings is 2. The summed E-state index contributed by atoms with van der Waals surface area (Å²) in [5, 5.41) is 5.18. The second kappa shape index (κ2) is 7.31. The van der Waals surface area contributed by atoms with E-state index in [1.165, 1.54) is 0 Å². The first-order valence-electron chi connectivity index (χ1n) is 9.58. The van der Waals surface area contributed by atoms with Crippen LogP contribution in [0.25, 0.3) is 22.1 Å². The van der Waals surface area contributed by atoms with E-state index < -0.39 is 0 Å². The van der Waals surface area contributed by atoms with Gasteiger partial charge in [0, 0.05) is 30.0 Å². The third-order valence-corrected chi connectivity index (χ3v) is 5.46. The fourth-order valence-corrected chi connectivity index (χ4v) is 3.99. The number of pyridine rings is 1. The molecule has 7 heteroatoms. The number of aromatic nitrogens is 4. The Hall–Kier alpha value is -3.64. The van der Waals surface area contributed by atoms with E-state index in [1.807, 2.05) is 72.1 Å². The maximum absolute atomic E-state index is 13.5. The third-order valence-electron chi connectivity index (χ3n) is 5.15. The molecular weight excluding hydrogens is 398 g/mol. The smallest absolute Gasteiger partial charge is 0.264 e. The van der Waals surface area contributed by atoms with Gasteiger partial charge in [-0.05, 0) is 42.6 Å². The number of nitrogens with one attached hydrogen (secondary N) is 1. The van der Waals surface area contributed by atoms with Crippen LogP contribution in [0, 0.1) is 0 Å². The summed E-state index contributed by atoms with van der Waals surface area (Å²) in [4.78, 5) is 22.3. The number of anilines is 1. The van der Waals surface area contributed by atoms with Crippen molar-refractivity contribution in [2.45, 2.75) is 13.0 Å². The molecule has 3 aromatic heterocycles. The van der Waals surface area contributed by atoms with Gasteiger partial charge in [0.05, 0.1) is 16.5 Å².